The molecule has 0 aliphatic heterocycles. The number of aryl methyl sites for hydroxylation is 1. The third kappa shape index (κ3) is 5.18. The van der Waals surface area contributed by atoms with Crippen LogP contribution in [0.25, 0.3) is 0 Å². The number of hydrogen-bond acceptors (Lipinski definition) is 5. The summed E-state index contributed by atoms with van der Waals surface area (Å²) in [5.41, 5.74) is 3.96. The van der Waals surface area contributed by atoms with Gasteiger partial charge in [-0.25, -0.2) is 4.98 Å². The average molecular weight is 398 g/mol. The van der Waals surface area contributed by atoms with E-state index < -0.39 is 0 Å². The molecule has 7 heteroatoms. The van der Waals surface area contributed by atoms with Crippen molar-refractivity contribution < 1.29 is 9.59 Å². The van der Waals surface area contributed by atoms with Crippen molar-refractivity contribution in [2.75, 3.05) is 12.4 Å². The van der Waals surface area contributed by atoms with Gasteiger partial charge in [-0.15, -0.1) is 11.3 Å². The van der Waals surface area contributed by atoms with Crippen molar-refractivity contribution in [3.8, 4) is 0 Å². The van der Waals surface area contributed by atoms with Gasteiger partial charge in [0.15, 0.2) is 0 Å². The number of nitrogens with one attached hydrogen (secondary N) is 2. The smallest absolute Gasteiger partial charge is 0.255 e. The molecule has 5 nitrogen and oxygen atoms in total. The van der Waals surface area contributed by atoms with E-state index in [0.29, 0.717) is 16.8 Å². The van der Waals surface area contributed by atoms with Gasteiger partial charge in [0, 0.05) is 40.7 Å². The number of carbonyl (C=O) groups excluding carboxylic acids is 2. The fourth-order valence-corrected chi connectivity index (χ4v) is 4.15. The van der Waals surface area contributed by atoms with E-state index in [1.807, 2.05) is 36.6 Å². The van der Waals surface area contributed by atoms with Crippen LogP contribution < -0.4 is 10.6 Å². The lowest BCUT2D eigenvalue weighted by molar-refractivity contribution is 0.0962. The van der Waals surface area contributed by atoms with Gasteiger partial charge < -0.3 is 10.6 Å². The Morgan fingerprint density at radius 3 is 2.22 bits per heavy atom. The van der Waals surface area contributed by atoms with E-state index in [0.717, 1.165) is 21.3 Å². The monoisotopic (exact) mass is 397 g/mol. The first kappa shape index (κ1) is 19.1. The zero-order chi connectivity index (χ0) is 19.2. The minimum atomic E-state index is -0.183. The second kappa shape index (κ2) is 8.83. The molecule has 0 fully saturated rings. The molecule has 0 aliphatic rings. The lowest BCUT2D eigenvalue weighted by atomic mass is 10.1. The van der Waals surface area contributed by atoms with Crippen LogP contribution in [0.1, 0.15) is 32.0 Å². The van der Waals surface area contributed by atoms with Gasteiger partial charge in [-0.2, -0.15) is 0 Å². The molecule has 0 aliphatic carbocycles. The van der Waals surface area contributed by atoms with Crippen LogP contribution in [0.5, 0.6) is 0 Å². The van der Waals surface area contributed by atoms with Crippen LogP contribution in [0.4, 0.5) is 5.69 Å². The summed E-state index contributed by atoms with van der Waals surface area (Å²) in [7, 11) is 1.58. The second-order valence-corrected chi connectivity index (χ2v) is 7.93. The summed E-state index contributed by atoms with van der Waals surface area (Å²) >= 11 is 3.34. The van der Waals surface area contributed by atoms with Gasteiger partial charge in [0.2, 0.25) is 0 Å². The summed E-state index contributed by atoms with van der Waals surface area (Å²) in [4.78, 5) is 28.4. The number of carbonyl (C=O) groups is 2. The number of nitrogens with zero attached hydrogens (tertiary/aromatic N) is 1. The minimum absolute atomic E-state index is 0.158. The summed E-state index contributed by atoms with van der Waals surface area (Å²) in [5.74, 6) is 0.474. The number of thiazole rings is 1. The maximum Gasteiger partial charge on any atom is 0.255 e. The predicted molar refractivity (Wildman–Crippen MR) is 111 cm³/mol. The molecule has 0 unspecified atom stereocenters. The number of benzene rings is 2. The Kier molecular flexibility index (Phi) is 6.26. The highest BCUT2D eigenvalue weighted by Gasteiger charge is 2.08. The maximum atomic E-state index is 12.4. The standard InChI is InChI=1S/C20H19N3O2S2/c1-13-11-26-20(22-13)27-12-14-3-5-16(6-4-14)19(25)23-17-9-7-15(8-10-17)18(24)21-2/h3-11H,12H2,1-2H3,(H,21,24)(H,23,25). The van der Waals surface area contributed by atoms with E-state index >= 15 is 0 Å². The molecule has 2 amide bonds. The molecular weight excluding hydrogens is 378 g/mol. The SMILES string of the molecule is CNC(=O)c1ccc(NC(=O)c2ccc(CSc3nc(C)cs3)cc2)cc1. The third-order valence-corrected chi connectivity index (χ3v) is 6.02. The van der Waals surface area contributed by atoms with Crippen molar-refractivity contribution in [1.29, 1.82) is 0 Å². The van der Waals surface area contributed by atoms with Crippen molar-refractivity contribution in [3.05, 3.63) is 76.3 Å². The van der Waals surface area contributed by atoms with Crippen molar-refractivity contribution >= 4 is 40.6 Å². The minimum Gasteiger partial charge on any atom is -0.355 e. The lowest BCUT2D eigenvalue weighted by Crippen LogP contribution is -2.17. The number of aromatic nitrogens is 1. The molecule has 0 bridgehead atoms. The highest BCUT2D eigenvalue weighted by Crippen LogP contribution is 2.26. The Labute approximate surface area is 166 Å². The highest BCUT2D eigenvalue weighted by atomic mass is 32.2. The van der Waals surface area contributed by atoms with Crippen LogP contribution >= 0.6 is 23.1 Å². The van der Waals surface area contributed by atoms with Crippen molar-refractivity contribution in [1.82, 2.24) is 10.3 Å². The molecule has 138 valence electrons. The van der Waals surface area contributed by atoms with Crippen LogP contribution in [-0.2, 0) is 5.75 Å². The topological polar surface area (TPSA) is 71.1 Å². The van der Waals surface area contributed by atoms with Gasteiger partial charge >= 0.3 is 0 Å². The number of rotatable bonds is 6. The molecule has 1 heterocycles. The maximum absolute atomic E-state index is 12.4. The molecule has 0 atom stereocenters. The Morgan fingerprint density at radius 2 is 1.63 bits per heavy atom. The van der Waals surface area contributed by atoms with Gasteiger partial charge in [0.1, 0.15) is 4.34 Å². The van der Waals surface area contributed by atoms with Crippen molar-refractivity contribution in [2.24, 2.45) is 0 Å². The van der Waals surface area contributed by atoms with Gasteiger partial charge in [-0.3, -0.25) is 9.59 Å². The second-order valence-electron chi connectivity index (χ2n) is 5.85. The Hall–Kier alpha value is -2.64. The molecule has 2 aromatic carbocycles. The molecule has 3 rings (SSSR count). The fraction of sp³-hybridized carbons (Fsp3) is 0.150. The summed E-state index contributed by atoms with van der Waals surface area (Å²) < 4.78 is 1.05. The van der Waals surface area contributed by atoms with Gasteiger partial charge in [0.05, 0.1) is 0 Å². The first-order valence-electron chi connectivity index (χ1n) is 8.32. The summed E-state index contributed by atoms with van der Waals surface area (Å²) in [6.45, 7) is 1.99. The zero-order valence-corrected chi connectivity index (χ0v) is 16.6. The van der Waals surface area contributed by atoms with E-state index in [-0.39, 0.29) is 11.8 Å². The molecule has 2 N–H and O–H groups in total. The van der Waals surface area contributed by atoms with Gasteiger partial charge in [0.25, 0.3) is 11.8 Å². The summed E-state index contributed by atoms with van der Waals surface area (Å²) in [5, 5.41) is 7.44. The number of hydrogen-bond donors (Lipinski definition) is 2. The average Bonchev–Trinajstić information content (AvgIpc) is 3.12. The van der Waals surface area contributed by atoms with Gasteiger partial charge in [-0.1, -0.05) is 23.9 Å². The van der Waals surface area contributed by atoms with Crippen molar-refractivity contribution in [2.45, 2.75) is 17.0 Å². The molecule has 1 aromatic heterocycles. The van der Waals surface area contributed by atoms with Crippen LogP contribution in [0.3, 0.4) is 0 Å². The molecule has 0 radical (unpaired) electrons. The number of anilines is 1. The summed E-state index contributed by atoms with van der Waals surface area (Å²) in [6.07, 6.45) is 0. The molecular formula is C20H19N3O2S2. The molecule has 0 saturated carbocycles. The lowest BCUT2D eigenvalue weighted by Gasteiger charge is -2.07. The number of amides is 2. The third-order valence-electron chi connectivity index (χ3n) is 3.81. The van der Waals surface area contributed by atoms with E-state index in [1.54, 1.807) is 54.4 Å². The van der Waals surface area contributed by atoms with Gasteiger partial charge in [-0.05, 0) is 48.9 Å². The van der Waals surface area contributed by atoms with Crippen LogP contribution in [0.15, 0.2) is 58.3 Å². The zero-order valence-electron chi connectivity index (χ0n) is 15.0. The van der Waals surface area contributed by atoms with E-state index in [1.165, 1.54) is 0 Å². The normalized spacial score (nSPS) is 10.4. The quantitative estimate of drug-likeness (QED) is 0.607. The molecule has 27 heavy (non-hydrogen) atoms. The Balaban J connectivity index is 1.57. The van der Waals surface area contributed by atoms with Crippen LogP contribution in [-0.4, -0.2) is 23.8 Å². The Morgan fingerprint density at radius 1 is 1.00 bits per heavy atom. The largest absolute Gasteiger partial charge is 0.355 e. The van der Waals surface area contributed by atoms with E-state index in [2.05, 4.69) is 15.6 Å². The first-order chi connectivity index (χ1) is 13.0. The van der Waals surface area contributed by atoms with E-state index in [9.17, 15) is 9.59 Å². The molecule has 3 aromatic rings. The van der Waals surface area contributed by atoms with Crippen LogP contribution in [0.2, 0.25) is 0 Å². The number of thioether (sulfide) groups is 1. The predicted octanol–water partition coefficient (Wildman–Crippen LogP) is 4.36. The van der Waals surface area contributed by atoms with E-state index in [4.69, 9.17) is 0 Å². The highest BCUT2D eigenvalue weighted by molar-refractivity contribution is 8.00. The fourth-order valence-electron chi connectivity index (χ4n) is 2.35. The summed E-state index contributed by atoms with van der Waals surface area (Å²) in [6, 6.07) is 14.3. The first-order valence-corrected chi connectivity index (χ1v) is 10.2. The van der Waals surface area contributed by atoms with Crippen LogP contribution in [0, 0.1) is 6.92 Å². The van der Waals surface area contributed by atoms with Crippen molar-refractivity contribution in [3.63, 3.8) is 0 Å². The Bertz CT molecular complexity index is 935. The molecule has 0 saturated heterocycles. The molecule has 0 spiro atoms.